The molecule has 0 aliphatic carbocycles. The molecule has 0 spiro atoms. The molecule has 0 aromatic heterocycles. The van der Waals surface area contributed by atoms with Crippen LogP contribution in [0.4, 0.5) is 0 Å². The third-order valence-corrected chi connectivity index (χ3v) is 3.55. The molecule has 1 rings (SSSR count). The van der Waals surface area contributed by atoms with Gasteiger partial charge >= 0.3 is 0 Å². The molecule has 0 saturated heterocycles. The third-order valence-electron chi connectivity index (χ3n) is 3.55. The van der Waals surface area contributed by atoms with Crippen molar-refractivity contribution < 1.29 is 4.74 Å². The van der Waals surface area contributed by atoms with Crippen LogP contribution in [0, 0.1) is 0 Å². The Labute approximate surface area is 99.0 Å². The zero-order valence-corrected chi connectivity index (χ0v) is 10.8. The highest BCUT2D eigenvalue weighted by molar-refractivity contribution is 5.34. The number of rotatable bonds is 6. The molecular formula is C14H23NO. The van der Waals surface area contributed by atoms with Crippen molar-refractivity contribution in [3.05, 3.63) is 29.8 Å². The van der Waals surface area contributed by atoms with Crippen molar-refractivity contribution in [1.29, 1.82) is 0 Å². The quantitative estimate of drug-likeness (QED) is 0.797. The van der Waals surface area contributed by atoms with E-state index in [9.17, 15) is 0 Å². The van der Waals surface area contributed by atoms with Gasteiger partial charge in [0.15, 0.2) is 0 Å². The maximum atomic E-state index is 5.30. The summed E-state index contributed by atoms with van der Waals surface area (Å²) in [4.78, 5) is 0. The molecule has 0 saturated carbocycles. The van der Waals surface area contributed by atoms with Gasteiger partial charge in [0.25, 0.3) is 0 Å². The lowest BCUT2D eigenvalue weighted by Gasteiger charge is -2.32. The SMILES string of the molecule is CCC(CC)(CNC)c1cccc(OC)c1. The van der Waals surface area contributed by atoms with Crippen LogP contribution in [0.25, 0.3) is 0 Å². The fraction of sp³-hybridized carbons (Fsp3) is 0.571. The van der Waals surface area contributed by atoms with Gasteiger partial charge in [-0.15, -0.1) is 0 Å². The number of ether oxygens (including phenoxy) is 1. The molecule has 0 fully saturated rings. The van der Waals surface area contributed by atoms with Crippen LogP contribution in [0.5, 0.6) is 5.75 Å². The minimum absolute atomic E-state index is 0.225. The predicted molar refractivity (Wildman–Crippen MR) is 69.2 cm³/mol. The maximum absolute atomic E-state index is 5.30. The molecule has 0 aliphatic heterocycles. The van der Waals surface area contributed by atoms with E-state index in [1.54, 1.807) is 7.11 Å². The second-order valence-corrected chi connectivity index (χ2v) is 4.25. The van der Waals surface area contributed by atoms with Gasteiger partial charge in [0.05, 0.1) is 7.11 Å². The van der Waals surface area contributed by atoms with Crippen LogP contribution in [0.15, 0.2) is 24.3 Å². The van der Waals surface area contributed by atoms with E-state index in [0.717, 1.165) is 25.1 Å². The summed E-state index contributed by atoms with van der Waals surface area (Å²) in [6.07, 6.45) is 2.27. The molecule has 1 aromatic rings. The summed E-state index contributed by atoms with van der Waals surface area (Å²) in [5.74, 6) is 0.944. The highest BCUT2D eigenvalue weighted by Crippen LogP contribution is 2.32. The number of nitrogens with one attached hydrogen (secondary N) is 1. The summed E-state index contributed by atoms with van der Waals surface area (Å²) in [5.41, 5.74) is 1.59. The second-order valence-electron chi connectivity index (χ2n) is 4.25. The smallest absolute Gasteiger partial charge is 0.119 e. The molecule has 90 valence electrons. The molecular weight excluding hydrogens is 198 g/mol. The van der Waals surface area contributed by atoms with E-state index in [1.165, 1.54) is 5.56 Å². The highest BCUT2D eigenvalue weighted by atomic mass is 16.5. The summed E-state index contributed by atoms with van der Waals surface area (Å²) in [5, 5.41) is 3.31. The van der Waals surface area contributed by atoms with Crippen molar-refractivity contribution in [3.63, 3.8) is 0 Å². The van der Waals surface area contributed by atoms with Crippen LogP contribution in [-0.2, 0) is 5.41 Å². The first-order valence-corrected chi connectivity index (χ1v) is 6.01. The van der Waals surface area contributed by atoms with E-state index >= 15 is 0 Å². The van der Waals surface area contributed by atoms with Gasteiger partial charge in [-0.3, -0.25) is 0 Å². The van der Waals surface area contributed by atoms with Crippen molar-refractivity contribution in [1.82, 2.24) is 5.32 Å². The van der Waals surface area contributed by atoms with Gasteiger partial charge in [-0.05, 0) is 37.6 Å². The Morgan fingerprint density at radius 3 is 2.44 bits per heavy atom. The van der Waals surface area contributed by atoms with Gasteiger partial charge in [-0.2, -0.15) is 0 Å². The highest BCUT2D eigenvalue weighted by Gasteiger charge is 2.27. The maximum Gasteiger partial charge on any atom is 0.119 e. The van der Waals surface area contributed by atoms with Gasteiger partial charge in [0.2, 0.25) is 0 Å². The zero-order chi connectivity index (χ0) is 12.0. The van der Waals surface area contributed by atoms with Crippen LogP contribution in [0.3, 0.4) is 0 Å². The monoisotopic (exact) mass is 221 g/mol. The Bertz CT molecular complexity index is 318. The standard InChI is InChI=1S/C14H23NO/c1-5-14(6-2,11-15-3)12-8-7-9-13(10-12)16-4/h7-10,15H,5-6,11H2,1-4H3. The second kappa shape index (κ2) is 5.90. The van der Waals surface area contributed by atoms with Crippen LogP contribution < -0.4 is 10.1 Å². The molecule has 0 amide bonds. The molecule has 1 N–H and O–H groups in total. The van der Waals surface area contributed by atoms with Crippen LogP contribution in [0.1, 0.15) is 32.3 Å². The van der Waals surface area contributed by atoms with Crippen molar-refractivity contribution in [2.45, 2.75) is 32.1 Å². The number of likely N-dealkylation sites (N-methyl/N-ethyl adjacent to an activating group) is 1. The molecule has 0 aliphatic rings. The Hall–Kier alpha value is -1.02. The number of benzene rings is 1. The van der Waals surface area contributed by atoms with Gasteiger partial charge in [-0.1, -0.05) is 26.0 Å². The Morgan fingerprint density at radius 2 is 1.94 bits per heavy atom. The minimum Gasteiger partial charge on any atom is -0.497 e. The van der Waals surface area contributed by atoms with Crippen molar-refractivity contribution in [2.75, 3.05) is 20.7 Å². The minimum atomic E-state index is 0.225. The Morgan fingerprint density at radius 1 is 1.25 bits per heavy atom. The van der Waals surface area contributed by atoms with Crippen LogP contribution in [0.2, 0.25) is 0 Å². The van der Waals surface area contributed by atoms with E-state index in [-0.39, 0.29) is 5.41 Å². The van der Waals surface area contributed by atoms with Crippen molar-refractivity contribution >= 4 is 0 Å². The van der Waals surface area contributed by atoms with E-state index in [4.69, 9.17) is 4.74 Å². The average molecular weight is 221 g/mol. The van der Waals surface area contributed by atoms with Gasteiger partial charge < -0.3 is 10.1 Å². The van der Waals surface area contributed by atoms with Gasteiger partial charge in [-0.25, -0.2) is 0 Å². The topological polar surface area (TPSA) is 21.3 Å². The van der Waals surface area contributed by atoms with E-state index < -0.39 is 0 Å². The number of methoxy groups -OCH3 is 1. The summed E-state index contributed by atoms with van der Waals surface area (Å²) in [6.45, 7) is 5.51. The number of hydrogen-bond acceptors (Lipinski definition) is 2. The normalized spacial score (nSPS) is 11.5. The van der Waals surface area contributed by atoms with E-state index in [2.05, 4.69) is 37.4 Å². The molecule has 0 heterocycles. The lowest BCUT2D eigenvalue weighted by molar-refractivity contribution is 0.374. The van der Waals surface area contributed by atoms with Gasteiger partial charge in [0.1, 0.15) is 5.75 Å². The van der Waals surface area contributed by atoms with Crippen molar-refractivity contribution in [3.8, 4) is 5.75 Å². The lowest BCUT2D eigenvalue weighted by Crippen LogP contribution is -2.35. The average Bonchev–Trinajstić information content (AvgIpc) is 2.36. The predicted octanol–water partition coefficient (Wildman–Crippen LogP) is 2.97. The zero-order valence-electron chi connectivity index (χ0n) is 10.8. The molecule has 0 atom stereocenters. The summed E-state index contributed by atoms with van der Waals surface area (Å²) in [7, 11) is 3.73. The van der Waals surface area contributed by atoms with Crippen molar-refractivity contribution in [2.24, 2.45) is 0 Å². The van der Waals surface area contributed by atoms with E-state index in [0.29, 0.717) is 0 Å². The summed E-state index contributed by atoms with van der Waals surface area (Å²) in [6, 6.07) is 8.43. The third kappa shape index (κ3) is 2.56. The molecule has 16 heavy (non-hydrogen) atoms. The molecule has 0 radical (unpaired) electrons. The van der Waals surface area contributed by atoms with Crippen LogP contribution >= 0.6 is 0 Å². The Balaban J connectivity index is 3.08. The summed E-state index contributed by atoms with van der Waals surface area (Å²) < 4.78 is 5.30. The molecule has 0 bridgehead atoms. The fourth-order valence-electron chi connectivity index (χ4n) is 2.30. The Kier molecular flexibility index (Phi) is 4.81. The molecule has 0 unspecified atom stereocenters. The fourth-order valence-corrected chi connectivity index (χ4v) is 2.30. The lowest BCUT2D eigenvalue weighted by atomic mass is 9.76. The number of hydrogen-bond donors (Lipinski definition) is 1. The first-order valence-electron chi connectivity index (χ1n) is 6.01. The molecule has 2 heteroatoms. The summed E-state index contributed by atoms with van der Waals surface area (Å²) >= 11 is 0. The largest absolute Gasteiger partial charge is 0.497 e. The molecule has 1 aromatic carbocycles. The molecule has 2 nitrogen and oxygen atoms in total. The first-order chi connectivity index (χ1) is 7.72. The van der Waals surface area contributed by atoms with E-state index in [1.807, 2.05) is 13.1 Å². The van der Waals surface area contributed by atoms with Crippen LogP contribution in [-0.4, -0.2) is 20.7 Å². The van der Waals surface area contributed by atoms with Gasteiger partial charge in [0, 0.05) is 12.0 Å². The first kappa shape index (κ1) is 13.0.